The molecule has 2 aromatic rings. The van der Waals surface area contributed by atoms with Crippen molar-refractivity contribution in [2.75, 3.05) is 13.1 Å². The number of amides is 1. The summed E-state index contributed by atoms with van der Waals surface area (Å²) in [7, 11) is 0. The molecule has 1 saturated heterocycles. The number of likely N-dealkylation sites (tertiary alicyclic amines) is 1. The van der Waals surface area contributed by atoms with Gasteiger partial charge in [-0.15, -0.1) is 0 Å². The van der Waals surface area contributed by atoms with E-state index in [-0.39, 0.29) is 11.5 Å². The Morgan fingerprint density at radius 3 is 3.00 bits per heavy atom. The van der Waals surface area contributed by atoms with E-state index < -0.39 is 0 Å². The van der Waals surface area contributed by atoms with E-state index >= 15 is 0 Å². The molecule has 0 aromatic carbocycles. The average Bonchev–Trinajstić information content (AvgIpc) is 2.68. The molecule has 1 N–H and O–H groups in total. The number of H-pyrrole nitrogens is 1. The molecule has 1 atom stereocenters. The van der Waals surface area contributed by atoms with Gasteiger partial charge in [0.05, 0.1) is 0 Å². The lowest BCUT2D eigenvalue weighted by atomic mass is 9.91. The maximum Gasteiger partial charge on any atom is 0.261 e. The Morgan fingerprint density at radius 2 is 2.15 bits per heavy atom. The molecule has 0 radical (unpaired) electrons. The monoisotopic (exact) mass is 351 g/mol. The minimum Gasteiger partial charge on any atom is -0.338 e. The van der Waals surface area contributed by atoms with Crippen molar-refractivity contribution in [3.63, 3.8) is 0 Å². The standard InChI is InChI=1S/C21H25N3O2/c25-20-18(12-17-7-1-2-8-19(17)23-20)21(26)24-10-4-6-16(14-24)11-15-5-3-9-22-13-15/h3,5,9,12-13,16H,1-2,4,6-8,10-11,14H2,(H,23,25)/t16-/m1/s1. The van der Waals surface area contributed by atoms with Crippen LogP contribution in [-0.4, -0.2) is 33.9 Å². The van der Waals surface area contributed by atoms with Crippen LogP contribution >= 0.6 is 0 Å². The number of hydrogen-bond acceptors (Lipinski definition) is 3. The van der Waals surface area contributed by atoms with Crippen molar-refractivity contribution in [1.29, 1.82) is 0 Å². The number of hydrogen-bond donors (Lipinski definition) is 1. The van der Waals surface area contributed by atoms with Crippen LogP contribution in [0.15, 0.2) is 35.4 Å². The lowest BCUT2D eigenvalue weighted by Crippen LogP contribution is -2.42. The third-order valence-corrected chi connectivity index (χ3v) is 5.62. The second-order valence-corrected chi connectivity index (χ2v) is 7.55. The van der Waals surface area contributed by atoms with Gasteiger partial charge in [0.25, 0.3) is 11.5 Å². The van der Waals surface area contributed by atoms with Gasteiger partial charge in [-0.3, -0.25) is 14.6 Å². The molecule has 136 valence electrons. The average molecular weight is 351 g/mol. The Labute approximate surface area is 153 Å². The summed E-state index contributed by atoms with van der Waals surface area (Å²) in [6.07, 6.45) is 10.8. The lowest BCUT2D eigenvalue weighted by Gasteiger charge is -2.33. The first-order valence-electron chi connectivity index (χ1n) is 9.64. The highest BCUT2D eigenvalue weighted by atomic mass is 16.2. The number of carbonyl (C=O) groups is 1. The Morgan fingerprint density at radius 1 is 1.27 bits per heavy atom. The van der Waals surface area contributed by atoms with Crippen LogP contribution < -0.4 is 5.56 Å². The molecule has 0 unspecified atom stereocenters. The predicted molar refractivity (Wildman–Crippen MR) is 100 cm³/mol. The van der Waals surface area contributed by atoms with Crippen LogP contribution in [0.25, 0.3) is 0 Å². The smallest absolute Gasteiger partial charge is 0.261 e. The third kappa shape index (κ3) is 3.57. The lowest BCUT2D eigenvalue weighted by molar-refractivity contribution is 0.0671. The Bertz CT molecular complexity index is 844. The summed E-state index contributed by atoms with van der Waals surface area (Å²) in [5.41, 5.74) is 3.45. The molecule has 1 amide bonds. The molecule has 4 rings (SSSR count). The largest absolute Gasteiger partial charge is 0.338 e. The first-order chi connectivity index (χ1) is 12.7. The quantitative estimate of drug-likeness (QED) is 0.925. The van der Waals surface area contributed by atoms with Gasteiger partial charge in [0.1, 0.15) is 5.56 Å². The van der Waals surface area contributed by atoms with Crippen LogP contribution in [-0.2, 0) is 19.3 Å². The van der Waals surface area contributed by atoms with E-state index in [0.717, 1.165) is 62.7 Å². The number of rotatable bonds is 3. The Balaban J connectivity index is 1.50. The van der Waals surface area contributed by atoms with Crippen molar-refractivity contribution in [2.45, 2.75) is 44.9 Å². The molecule has 2 aliphatic rings. The van der Waals surface area contributed by atoms with Gasteiger partial charge in [-0.05, 0) is 74.1 Å². The van der Waals surface area contributed by atoms with Gasteiger partial charge in [-0.2, -0.15) is 0 Å². The highest BCUT2D eigenvalue weighted by molar-refractivity contribution is 5.94. The zero-order valence-corrected chi connectivity index (χ0v) is 15.0. The van der Waals surface area contributed by atoms with Crippen LogP contribution in [0.3, 0.4) is 0 Å². The fourth-order valence-corrected chi connectivity index (χ4v) is 4.27. The minimum absolute atomic E-state index is 0.115. The molecule has 5 heteroatoms. The number of fused-ring (bicyclic) bond motifs is 1. The highest BCUT2D eigenvalue weighted by Gasteiger charge is 2.27. The summed E-state index contributed by atoms with van der Waals surface area (Å²) < 4.78 is 0. The maximum absolute atomic E-state index is 13.0. The molecule has 0 spiro atoms. The molecule has 1 fully saturated rings. The van der Waals surface area contributed by atoms with Gasteiger partial charge in [0.2, 0.25) is 0 Å². The first-order valence-corrected chi connectivity index (χ1v) is 9.64. The molecule has 3 heterocycles. The van der Waals surface area contributed by atoms with Crippen molar-refractivity contribution in [2.24, 2.45) is 5.92 Å². The summed E-state index contributed by atoms with van der Waals surface area (Å²) in [5.74, 6) is 0.309. The summed E-state index contributed by atoms with van der Waals surface area (Å²) in [5, 5.41) is 0. The van der Waals surface area contributed by atoms with Crippen LogP contribution in [0, 0.1) is 5.92 Å². The molecule has 0 bridgehead atoms. The van der Waals surface area contributed by atoms with Crippen LogP contribution in [0.1, 0.15) is 52.9 Å². The summed E-state index contributed by atoms with van der Waals surface area (Å²) >= 11 is 0. The number of aromatic nitrogens is 2. The SMILES string of the molecule is O=C(c1cc2c([nH]c1=O)CCCC2)N1CCC[C@H](Cc2cccnc2)C1. The summed E-state index contributed by atoms with van der Waals surface area (Å²) in [6.45, 7) is 1.45. The highest BCUT2D eigenvalue weighted by Crippen LogP contribution is 2.23. The van der Waals surface area contributed by atoms with E-state index in [1.54, 1.807) is 6.20 Å². The topological polar surface area (TPSA) is 66.1 Å². The van der Waals surface area contributed by atoms with Gasteiger partial charge < -0.3 is 9.88 Å². The molecule has 1 aliphatic heterocycles. The van der Waals surface area contributed by atoms with Crippen LogP contribution in [0.5, 0.6) is 0 Å². The van der Waals surface area contributed by atoms with E-state index in [1.807, 2.05) is 23.2 Å². The number of nitrogens with one attached hydrogen (secondary N) is 1. The summed E-state index contributed by atoms with van der Waals surface area (Å²) in [4.78, 5) is 34.4. The molecular formula is C21H25N3O2. The Hall–Kier alpha value is -2.43. The van der Waals surface area contributed by atoms with E-state index in [2.05, 4.69) is 16.0 Å². The van der Waals surface area contributed by atoms with Crippen LogP contribution in [0.4, 0.5) is 0 Å². The first kappa shape index (κ1) is 17.0. The molecular weight excluding hydrogens is 326 g/mol. The number of nitrogens with zero attached hydrogens (tertiary/aromatic N) is 2. The van der Waals surface area contributed by atoms with Crippen molar-refractivity contribution in [1.82, 2.24) is 14.9 Å². The van der Waals surface area contributed by atoms with E-state index in [9.17, 15) is 9.59 Å². The van der Waals surface area contributed by atoms with Crippen molar-refractivity contribution in [3.05, 3.63) is 63.3 Å². The van der Waals surface area contributed by atoms with Gasteiger partial charge in [0.15, 0.2) is 0 Å². The number of pyridine rings is 2. The van der Waals surface area contributed by atoms with Gasteiger partial charge >= 0.3 is 0 Å². The van der Waals surface area contributed by atoms with Crippen molar-refractivity contribution < 1.29 is 4.79 Å². The number of aryl methyl sites for hydroxylation is 2. The molecule has 0 saturated carbocycles. The summed E-state index contributed by atoms with van der Waals surface area (Å²) in [6, 6.07) is 5.89. The normalized spacial score (nSPS) is 19.8. The van der Waals surface area contributed by atoms with Crippen molar-refractivity contribution >= 4 is 5.91 Å². The Kier molecular flexibility index (Phi) is 4.87. The number of carbonyl (C=O) groups excluding carboxylic acids is 1. The molecule has 5 nitrogen and oxygen atoms in total. The fourth-order valence-electron chi connectivity index (χ4n) is 4.27. The van der Waals surface area contributed by atoms with E-state index in [1.165, 1.54) is 5.56 Å². The maximum atomic E-state index is 13.0. The zero-order chi connectivity index (χ0) is 17.9. The predicted octanol–water partition coefficient (Wildman–Crippen LogP) is 2.74. The second-order valence-electron chi connectivity index (χ2n) is 7.55. The van der Waals surface area contributed by atoms with Gasteiger partial charge in [-0.1, -0.05) is 6.07 Å². The van der Waals surface area contributed by atoms with Crippen molar-refractivity contribution in [3.8, 4) is 0 Å². The third-order valence-electron chi connectivity index (χ3n) is 5.62. The van der Waals surface area contributed by atoms with E-state index in [4.69, 9.17) is 0 Å². The van der Waals surface area contributed by atoms with Crippen LogP contribution in [0.2, 0.25) is 0 Å². The molecule has 1 aliphatic carbocycles. The number of aromatic amines is 1. The zero-order valence-electron chi connectivity index (χ0n) is 15.0. The van der Waals surface area contributed by atoms with E-state index in [0.29, 0.717) is 18.0 Å². The molecule has 26 heavy (non-hydrogen) atoms. The van der Waals surface area contributed by atoms with Gasteiger partial charge in [-0.25, -0.2) is 0 Å². The fraction of sp³-hybridized carbons (Fsp3) is 0.476. The van der Waals surface area contributed by atoms with Gasteiger partial charge in [0, 0.05) is 31.2 Å². The minimum atomic E-state index is -0.231. The molecule has 2 aromatic heterocycles. The number of piperidine rings is 1. The second kappa shape index (κ2) is 7.44.